The number of hydrogen-bond acceptors (Lipinski definition) is 7. The first kappa shape index (κ1) is 24.4. The summed E-state index contributed by atoms with van der Waals surface area (Å²) in [6.07, 6.45) is 3.07. The zero-order chi connectivity index (χ0) is 24.6. The number of aromatic nitrogens is 1. The number of carbonyl (C=O) groups is 1. The van der Waals surface area contributed by atoms with Gasteiger partial charge in [-0.15, -0.1) is 0 Å². The molecule has 4 rings (SSSR count). The van der Waals surface area contributed by atoms with Crippen LogP contribution >= 0.6 is 0 Å². The first-order valence-corrected chi connectivity index (χ1v) is 11.7. The van der Waals surface area contributed by atoms with E-state index >= 15 is 0 Å². The first-order valence-electron chi connectivity index (χ1n) is 11.7. The minimum atomic E-state index is -1.02. The number of aromatic carboxylic acids is 1. The molecular formula is C26H28FN3O5. The van der Waals surface area contributed by atoms with Crippen LogP contribution in [0.5, 0.6) is 5.75 Å². The van der Waals surface area contributed by atoms with Gasteiger partial charge in [-0.25, -0.2) is 9.18 Å². The normalized spacial score (nSPS) is 14.3. The second-order valence-corrected chi connectivity index (χ2v) is 8.40. The number of oxime groups is 1. The van der Waals surface area contributed by atoms with Crippen molar-refractivity contribution in [2.45, 2.75) is 32.7 Å². The third kappa shape index (κ3) is 6.66. The molecule has 1 aliphatic rings. The van der Waals surface area contributed by atoms with E-state index in [-0.39, 0.29) is 18.0 Å². The Morgan fingerprint density at radius 3 is 2.66 bits per heavy atom. The van der Waals surface area contributed by atoms with E-state index in [9.17, 15) is 14.3 Å². The van der Waals surface area contributed by atoms with E-state index in [0.29, 0.717) is 41.6 Å². The lowest BCUT2D eigenvalue weighted by atomic mass is 10.1. The van der Waals surface area contributed by atoms with Crippen molar-refractivity contribution < 1.29 is 28.4 Å². The zero-order valence-electron chi connectivity index (χ0n) is 19.6. The van der Waals surface area contributed by atoms with Crippen molar-refractivity contribution in [2.24, 2.45) is 5.16 Å². The lowest BCUT2D eigenvalue weighted by molar-refractivity contribution is 0.0696. The molecule has 0 unspecified atom stereocenters. The Morgan fingerprint density at radius 2 is 1.94 bits per heavy atom. The molecule has 0 aliphatic carbocycles. The zero-order valence-corrected chi connectivity index (χ0v) is 19.6. The van der Waals surface area contributed by atoms with Crippen LogP contribution in [0.3, 0.4) is 0 Å². The van der Waals surface area contributed by atoms with Gasteiger partial charge in [0.15, 0.2) is 11.5 Å². The van der Waals surface area contributed by atoms with Gasteiger partial charge in [0, 0.05) is 18.2 Å². The maximum absolute atomic E-state index is 13.3. The largest absolute Gasteiger partial charge is 0.487 e. The van der Waals surface area contributed by atoms with Gasteiger partial charge in [0.25, 0.3) is 0 Å². The number of hydrogen-bond donors (Lipinski definition) is 1. The van der Waals surface area contributed by atoms with E-state index in [1.54, 1.807) is 24.3 Å². The SMILES string of the molecule is CCCO/N=C(\COc1cc(CN2CCCC2)cc(C(=O)O)c1)c1cc(-c2ccc(F)cc2)no1. The summed E-state index contributed by atoms with van der Waals surface area (Å²) in [5, 5.41) is 17.8. The number of ether oxygens (including phenoxy) is 1. The van der Waals surface area contributed by atoms with Crippen molar-refractivity contribution >= 4 is 11.7 Å². The molecule has 1 aromatic heterocycles. The fraction of sp³-hybridized carbons (Fsp3) is 0.346. The molecule has 0 bridgehead atoms. The number of carboxylic acid groups (broad SMARTS) is 1. The van der Waals surface area contributed by atoms with Crippen LogP contribution in [-0.4, -0.2) is 53.1 Å². The second-order valence-electron chi connectivity index (χ2n) is 8.40. The fourth-order valence-corrected chi connectivity index (χ4v) is 3.83. The molecule has 0 saturated carbocycles. The van der Waals surface area contributed by atoms with E-state index in [0.717, 1.165) is 37.9 Å². The molecule has 1 saturated heterocycles. The van der Waals surface area contributed by atoms with Gasteiger partial charge >= 0.3 is 5.97 Å². The summed E-state index contributed by atoms with van der Waals surface area (Å²) in [4.78, 5) is 19.3. The summed E-state index contributed by atoms with van der Waals surface area (Å²) in [5.74, 6) is -0.598. The van der Waals surface area contributed by atoms with Crippen LogP contribution in [0.4, 0.5) is 4.39 Å². The van der Waals surface area contributed by atoms with Crippen molar-refractivity contribution in [1.29, 1.82) is 0 Å². The Hall–Kier alpha value is -3.72. The lowest BCUT2D eigenvalue weighted by Crippen LogP contribution is -2.19. The molecule has 8 nitrogen and oxygen atoms in total. The molecule has 35 heavy (non-hydrogen) atoms. The summed E-state index contributed by atoms with van der Waals surface area (Å²) in [7, 11) is 0. The molecule has 0 radical (unpaired) electrons. The van der Waals surface area contributed by atoms with Crippen molar-refractivity contribution in [1.82, 2.24) is 10.1 Å². The molecule has 0 amide bonds. The van der Waals surface area contributed by atoms with Crippen LogP contribution in [0.15, 0.2) is 58.2 Å². The number of likely N-dealkylation sites (tertiary alicyclic amines) is 1. The summed E-state index contributed by atoms with van der Waals surface area (Å²) < 4.78 is 24.7. The van der Waals surface area contributed by atoms with Crippen molar-refractivity contribution in [3.63, 3.8) is 0 Å². The summed E-state index contributed by atoms with van der Waals surface area (Å²) >= 11 is 0. The third-order valence-electron chi connectivity index (χ3n) is 5.60. The fourth-order valence-electron chi connectivity index (χ4n) is 3.83. The molecule has 0 atom stereocenters. The smallest absolute Gasteiger partial charge is 0.335 e. The van der Waals surface area contributed by atoms with Crippen molar-refractivity contribution in [3.05, 3.63) is 71.2 Å². The average molecular weight is 482 g/mol. The monoisotopic (exact) mass is 481 g/mol. The highest BCUT2D eigenvalue weighted by Gasteiger charge is 2.17. The van der Waals surface area contributed by atoms with E-state index in [2.05, 4.69) is 15.2 Å². The van der Waals surface area contributed by atoms with Crippen LogP contribution in [0.1, 0.15) is 47.9 Å². The average Bonchev–Trinajstić information content (AvgIpc) is 3.54. The number of halogens is 1. The molecule has 1 aliphatic heterocycles. The second kappa shape index (κ2) is 11.6. The standard InChI is InChI=1S/C26H28FN3O5/c1-2-11-34-28-24(25-15-23(29-35-25)19-5-7-21(27)8-6-19)17-33-22-13-18(12-20(14-22)26(31)32)16-30-9-3-4-10-30/h5-8,12-15H,2-4,9-11,16-17H2,1H3,(H,31,32)/b28-24+. The minimum absolute atomic E-state index is 0.0198. The van der Waals surface area contributed by atoms with Gasteiger partial charge in [-0.3, -0.25) is 4.90 Å². The lowest BCUT2D eigenvalue weighted by Gasteiger charge is -2.16. The molecular weight excluding hydrogens is 453 g/mol. The number of carboxylic acids is 1. The van der Waals surface area contributed by atoms with Gasteiger partial charge in [-0.05, 0) is 80.4 Å². The predicted octanol–water partition coefficient (Wildman–Crippen LogP) is 4.98. The number of nitrogens with zero attached hydrogens (tertiary/aromatic N) is 3. The van der Waals surface area contributed by atoms with Gasteiger partial charge in [0.05, 0.1) is 5.56 Å². The van der Waals surface area contributed by atoms with Crippen LogP contribution in [0, 0.1) is 5.82 Å². The molecule has 9 heteroatoms. The minimum Gasteiger partial charge on any atom is -0.487 e. The molecule has 2 heterocycles. The van der Waals surface area contributed by atoms with Crippen molar-refractivity contribution in [3.8, 4) is 17.0 Å². The predicted molar refractivity (Wildman–Crippen MR) is 128 cm³/mol. The molecule has 184 valence electrons. The Balaban J connectivity index is 1.53. The molecule has 2 aromatic carbocycles. The summed E-state index contributed by atoms with van der Waals surface area (Å²) in [6.45, 7) is 5.03. The Bertz CT molecular complexity index is 1170. The summed E-state index contributed by atoms with van der Waals surface area (Å²) in [5.41, 5.74) is 2.61. The van der Waals surface area contributed by atoms with Crippen LogP contribution in [0.2, 0.25) is 0 Å². The highest BCUT2D eigenvalue weighted by molar-refractivity contribution is 5.99. The Morgan fingerprint density at radius 1 is 1.17 bits per heavy atom. The Labute approximate surface area is 202 Å². The summed E-state index contributed by atoms with van der Waals surface area (Å²) in [6, 6.07) is 12.6. The topological polar surface area (TPSA) is 97.4 Å². The van der Waals surface area contributed by atoms with Gasteiger partial charge in [0.1, 0.15) is 30.5 Å². The number of rotatable bonds is 11. The third-order valence-corrected chi connectivity index (χ3v) is 5.60. The molecule has 3 aromatic rings. The van der Waals surface area contributed by atoms with Crippen LogP contribution in [0.25, 0.3) is 11.3 Å². The van der Waals surface area contributed by atoms with Crippen molar-refractivity contribution in [2.75, 3.05) is 26.3 Å². The quantitative estimate of drug-likeness (QED) is 0.234. The van der Waals surface area contributed by atoms with Crippen LogP contribution in [-0.2, 0) is 11.4 Å². The van der Waals surface area contributed by atoms with E-state index < -0.39 is 5.97 Å². The molecule has 0 spiro atoms. The molecule has 1 fully saturated rings. The van der Waals surface area contributed by atoms with Gasteiger partial charge < -0.3 is 19.2 Å². The van der Waals surface area contributed by atoms with E-state index in [4.69, 9.17) is 14.1 Å². The highest BCUT2D eigenvalue weighted by atomic mass is 19.1. The van der Waals surface area contributed by atoms with Gasteiger partial charge in [-0.1, -0.05) is 17.2 Å². The maximum atomic E-state index is 13.3. The molecule has 1 N–H and O–H groups in total. The Kier molecular flexibility index (Phi) is 8.10. The van der Waals surface area contributed by atoms with Gasteiger partial charge in [0.2, 0.25) is 0 Å². The van der Waals surface area contributed by atoms with Crippen LogP contribution < -0.4 is 4.74 Å². The highest BCUT2D eigenvalue weighted by Crippen LogP contribution is 2.23. The van der Waals surface area contributed by atoms with E-state index in [1.807, 2.05) is 13.0 Å². The first-order chi connectivity index (χ1) is 17.0. The number of benzene rings is 2. The maximum Gasteiger partial charge on any atom is 0.335 e. The van der Waals surface area contributed by atoms with E-state index in [1.165, 1.54) is 18.2 Å². The van der Waals surface area contributed by atoms with Gasteiger partial charge in [-0.2, -0.15) is 0 Å².